The molecule has 3 saturated heterocycles. The first-order chi connectivity index (χ1) is 9.13. The van der Waals surface area contributed by atoms with E-state index in [2.05, 4.69) is 15.3 Å². The number of anilines is 1. The SMILES string of the molecule is O=C1NC2CCC1CN(c1ncc(B(O)O)cn1)C2. The average molecular weight is 262 g/mol. The summed E-state index contributed by atoms with van der Waals surface area (Å²) in [6, 6.07) is 0.151. The molecule has 3 fully saturated rings. The normalized spacial score (nSPS) is 26.0. The van der Waals surface area contributed by atoms with E-state index in [1.54, 1.807) is 0 Å². The Kier molecular flexibility index (Phi) is 3.12. The minimum absolute atomic E-state index is 0.00883. The van der Waals surface area contributed by atoms with Gasteiger partial charge in [-0.2, -0.15) is 0 Å². The molecule has 0 radical (unpaired) electrons. The molecule has 19 heavy (non-hydrogen) atoms. The largest absolute Gasteiger partial charge is 0.491 e. The summed E-state index contributed by atoms with van der Waals surface area (Å²) < 4.78 is 0. The Hall–Kier alpha value is -1.67. The van der Waals surface area contributed by atoms with E-state index in [9.17, 15) is 4.79 Å². The number of amides is 1. The van der Waals surface area contributed by atoms with Crippen molar-refractivity contribution in [1.82, 2.24) is 15.3 Å². The van der Waals surface area contributed by atoms with Crippen LogP contribution in [0.3, 0.4) is 0 Å². The van der Waals surface area contributed by atoms with Crippen molar-refractivity contribution >= 4 is 24.4 Å². The molecule has 3 N–H and O–H groups in total. The molecule has 4 heterocycles. The summed E-state index contributed by atoms with van der Waals surface area (Å²) >= 11 is 0. The second-order valence-electron chi connectivity index (χ2n) is 5.07. The van der Waals surface area contributed by atoms with Crippen LogP contribution >= 0.6 is 0 Å². The molecule has 3 aliphatic heterocycles. The summed E-state index contributed by atoms with van der Waals surface area (Å²) in [5, 5.41) is 21.0. The second-order valence-corrected chi connectivity index (χ2v) is 5.07. The number of hydrogen-bond donors (Lipinski definition) is 3. The molecule has 8 heteroatoms. The molecule has 4 rings (SSSR count). The van der Waals surface area contributed by atoms with E-state index in [1.165, 1.54) is 12.4 Å². The maximum Gasteiger partial charge on any atom is 0.491 e. The first-order valence-corrected chi connectivity index (χ1v) is 6.37. The summed E-state index contributed by atoms with van der Waals surface area (Å²) in [6.45, 7) is 1.31. The van der Waals surface area contributed by atoms with E-state index >= 15 is 0 Å². The summed E-state index contributed by atoms with van der Waals surface area (Å²) in [5.74, 6) is 0.629. The number of rotatable bonds is 2. The van der Waals surface area contributed by atoms with Crippen LogP contribution in [-0.2, 0) is 4.79 Å². The summed E-state index contributed by atoms with van der Waals surface area (Å²) in [6.07, 6.45) is 4.69. The third-order valence-electron chi connectivity index (χ3n) is 3.70. The van der Waals surface area contributed by atoms with Crippen molar-refractivity contribution < 1.29 is 14.8 Å². The molecule has 0 aliphatic carbocycles. The van der Waals surface area contributed by atoms with Crippen LogP contribution in [0.25, 0.3) is 0 Å². The van der Waals surface area contributed by atoms with Crippen molar-refractivity contribution in [2.24, 2.45) is 5.92 Å². The van der Waals surface area contributed by atoms with Crippen molar-refractivity contribution in [3.8, 4) is 0 Å². The Bertz CT molecular complexity index is 481. The zero-order chi connectivity index (χ0) is 13.4. The van der Waals surface area contributed by atoms with Gasteiger partial charge in [0.2, 0.25) is 11.9 Å². The van der Waals surface area contributed by atoms with Gasteiger partial charge in [-0.1, -0.05) is 0 Å². The summed E-state index contributed by atoms with van der Waals surface area (Å²) in [7, 11) is -1.56. The number of hydrogen-bond acceptors (Lipinski definition) is 6. The minimum Gasteiger partial charge on any atom is -0.423 e. The topological polar surface area (TPSA) is 98.6 Å². The lowest BCUT2D eigenvalue weighted by atomic mass is 9.83. The smallest absolute Gasteiger partial charge is 0.423 e. The predicted octanol–water partition coefficient (Wildman–Crippen LogP) is -2.13. The van der Waals surface area contributed by atoms with E-state index in [-0.39, 0.29) is 23.3 Å². The van der Waals surface area contributed by atoms with Crippen molar-refractivity contribution in [2.45, 2.75) is 18.9 Å². The van der Waals surface area contributed by atoms with E-state index in [0.29, 0.717) is 19.0 Å². The highest BCUT2D eigenvalue weighted by atomic mass is 16.4. The van der Waals surface area contributed by atoms with Gasteiger partial charge in [-0.3, -0.25) is 4.79 Å². The Labute approximate surface area is 110 Å². The molecule has 100 valence electrons. The zero-order valence-corrected chi connectivity index (χ0v) is 10.4. The van der Waals surface area contributed by atoms with Gasteiger partial charge in [0.05, 0.1) is 5.92 Å². The fourth-order valence-electron chi connectivity index (χ4n) is 2.63. The van der Waals surface area contributed by atoms with Gasteiger partial charge < -0.3 is 20.3 Å². The maximum absolute atomic E-state index is 11.8. The number of aromatic nitrogens is 2. The molecule has 1 aromatic heterocycles. The van der Waals surface area contributed by atoms with E-state index in [1.807, 2.05) is 4.90 Å². The molecule has 1 aromatic rings. The molecular weight excluding hydrogens is 247 g/mol. The fraction of sp³-hybridized carbons (Fsp3) is 0.545. The molecule has 7 nitrogen and oxygen atoms in total. The van der Waals surface area contributed by atoms with Crippen LogP contribution in [0.1, 0.15) is 12.8 Å². The fourth-order valence-corrected chi connectivity index (χ4v) is 2.63. The highest BCUT2D eigenvalue weighted by molar-refractivity contribution is 6.58. The second kappa shape index (κ2) is 4.78. The number of nitrogens with one attached hydrogen (secondary N) is 1. The van der Waals surface area contributed by atoms with Crippen LogP contribution in [0.4, 0.5) is 5.95 Å². The minimum atomic E-state index is -1.56. The molecule has 0 aromatic carbocycles. The molecule has 0 saturated carbocycles. The van der Waals surface area contributed by atoms with Crippen LogP contribution in [0.2, 0.25) is 0 Å². The molecule has 2 bridgehead atoms. The third-order valence-corrected chi connectivity index (χ3v) is 3.70. The average Bonchev–Trinajstić information content (AvgIpc) is 2.70. The molecular formula is C11H15BN4O3. The first-order valence-electron chi connectivity index (χ1n) is 6.37. The first kappa shape index (κ1) is 12.4. The van der Waals surface area contributed by atoms with Crippen LogP contribution in [0.15, 0.2) is 12.4 Å². The number of piperidine rings is 1. The molecule has 1 amide bonds. The van der Waals surface area contributed by atoms with Crippen molar-refractivity contribution in [3.05, 3.63) is 12.4 Å². The monoisotopic (exact) mass is 262 g/mol. The number of carbonyl (C=O) groups excluding carboxylic acids is 1. The van der Waals surface area contributed by atoms with Gasteiger partial charge in [-0.25, -0.2) is 9.97 Å². The Balaban J connectivity index is 1.80. The lowest BCUT2D eigenvalue weighted by molar-refractivity contribution is -0.126. The van der Waals surface area contributed by atoms with Crippen LogP contribution in [-0.4, -0.2) is 52.2 Å². The molecule has 2 unspecified atom stereocenters. The number of nitrogens with zero attached hydrogens (tertiary/aromatic N) is 3. The van der Waals surface area contributed by atoms with E-state index in [0.717, 1.165) is 12.8 Å². The van der Waals surface area contributed by atoms with E-state index < -0.39 is 7.12 Å². The van der Waals surface area contributed by atoms with Gasteiger partial charge >= 0.3 is 7.12 Å². The summed E-state index contributed by atoms with van der Waals surface area (Å²) in [5.41, 5.74) is 0.260. The van der Waals surface area contributed by atoms with E-state index in [4.69, 9.17) is 10.0 Å². The van der Waals surface area contributed by atoms with Crippen LogP contribution in [0, 0.1) is 5.92 Å². The standard InChI is InChI=1S/C11H15BN4O3/c17-10-7-1-2-9(15-10)6-16(5-7)11-13-3-8(4-14-11)12(18)19/h3-4,7,9,18-19H,1-2,5-6H2,(H,15,17). The lowest BCUT2D eigenvalue weighted by Gasteiger charge is -2.22. The predicted molar refractivity (Wildman–Crippen MR) is 68.7 cm³/mol. The van der Waals surface area contributed by atoms with Crippen LogP contribution in [0.5, 0.6) is 0 Å². The zero-order valence-electron chi connectivity index (χ0n) is 10.4. The van der Waals surface area contributed by atoms with Gasteiger partial charge in [0, 0.05) is 37.0 Å². The Morgan fingerprint density at radius 2 is 2.00 bits per heavy atom. The number of carbonyl (C=O) groups is 1. The number of fused-ring (bicyclic) bond motifs is 4. The van der Waals surface area contributed by atoms with Crippen molar-refractivity contribution in [2.75, 3.05) is 18.0 Å². The lowest BCUT2D eigenvalue weighted by Crippen LogP contribution is -2.43. The van der Waals surface area contributed by atoms with Crippen molar-refractivity contribution in [3.63, 3.8) is 0 Å². The van der Waals surface area contributed by atoms with Gasteiger partial charge in [-0.05, 0) is 12.8 Å². The quantitative estimate of drug-likeness (QED) is 0.527. The maximum atomic E-state index is 11.8. The third kappa shape index (κ3) is 2.41. The van der Waals surface area contributed by atoms with Gasteiger partial charge in [0.15, 0.2) is 0 Å². The highest BCUT2D eigenvalue weighted by Gasteiger charge is 2.35. The van der Waals surface area contributed by atoms with Crippen LogP contribution < -0.4 is 15.7 Å². The van der Waals surface area contributed by atoms with Gasteiger partial charge in [0.1, 0.15) is 0 Å². The molecule has 2 atom stereocenters. The molecule has 0 spiro atoms. The molecule has 3 aliphatic rings. The summed E-state index contributed by atoms with van der Waals surface area (Å²) in [4.78, 5) is 22.0. The van der Waals surface area contributed by atoms with Gasteiger partial charge in [-0.15, -0.1) is 0 Å². The Morgan fingerprint density at radius 1 is 1.26 bits per heavy atom. The van der Waals surface area contributed by atoms with Gasteiger partial charge in [0.25, 0.3) is 0 Å². The highest BCUT2D eigenvalue weighted by Crippen LogP contribution is 2.24. The van der Waals surface area contributed by atoms with Crippen molar-refractivity contribution in [1.29, 1.82) is 0 Å². The Morgan fingerprint density at radius 3 is 2.63 bits per heavy atom.